The average Bonchev–Trinajstić information content (AvgIpc) is 2.46. The zero-order chi connectivity index (χ0) is 10.6. The van der Waals surface area contributed by atoms with Crippen molar-refractivity contribution in [1.29, 1.82) is 0 Å². The molecule has 3 nitrogen and oxygen atoms in total. The molecule has 14 heavy (non-hydrogen) atoms. The Hall–Kier alpha value is -1.25. The number of carbonyl (C=O) groups is 1. The molecule has 0 fully saturated rings. The second kappa shape index (κ2) is 4.84. The van der Waals surface area contributed by atoms with Crippen molar-refractivity contribution >= 4 is 5.91 Å². The zero-order valence-electron chi connectivity index (χ0n) is 9.08. The summed E-state index contributed by atoms with van der Waals surface area (Å²) in [6.45, 7) is 3.95. The molecule has 0 spiro atoms. The van der Waals surface area contributed by atoms with E-state index in [1.54, 1.807) is 0 Å². The molecule has 0 aliphatic rings. The van der Waals surface area contributed by atoms with Crippen molar-refractivity contribution in [2.24, 2.45) is 7.05 Å². The standard InChI is InChI=1S/C11H18N2O/c1-9(2)12-11(14)7-6-10-5-4-8-13(10)3/h4-5,8-9H,6-7H2,1-3H3,(H,12,14). The number of carbonyl (C=O) groups excluding carboxylic acids is 1. The van der Waals surface area contributed by atoms with Crippen molar-refractivity contribution in [1.82, 2.24) is 9.88 Å². The van der Waals surface area contributed by atoms with Gasteiger partial charge >= 0.3 is 0 Å². The monoisotopic (exact) mass is 194 g/mol. The molecule has 0 bridgehead atoms. The van der Waals surface area contributed by atoms with Crippen LogP contribution in [0.1, 0.15) is 26.0 Å². The number of hydrogen-bond donors (Lipinski definition) is 1. The Kier molecular flexibility index (Phi) is 3.74. The molecule has 0 atom stereocenters. The molecule has 0 aliphatic heterocycles. The van der Waals surface area contributed by atoms with E-state index in [2.05, 4.69) is 5.32 Å². The lowest BCUT2D eigenvalue weighted by Gasteiger charge is -2.08. The third kappa shape index (κ3) is 3.24. The number of rotatable bonds is 4. The third-order valence-corrected chi connectivity index (χ3v) is 2.11. The van der Waals surface area contributed by atoms with E-state index in [0.29, 0.717) is 6.42 Å². The summed E-state index contributed by atoms with van der Waals surface area (Å²) in [5, 5.41) is 2.88. The number of aromatic nitrogens is 1. The number of aryl methyl sites for hydroxylation is 2. The first-order valence-electron chi connectivity index (χ1n) is 4.99. The summed E-state index contributed by atoms with van der Waals surface area (Å²) in [6.07, 6.45) is 3.37. The molecular weight excluding hydrogens is 176 g/mol. The molecule has 0 radical (unpaired) electrons. The van der Waals surface area contributed by atoms with Crippen LogP contribution in [0.2, 0.25) is 0 Å². The number of nitrogens with zero attached hydrogens (tertiary/aromatic N) is 1. The second-order valence-electron chi connectivity index (χ2n) is 3.83. The van der Waals surface area contributed by atoms with Crippen LogP contribution in [0.3, 0.4) is 0 Å². The molecule has 1 amide bonds. The first-order valence-corrected chi connectivity index (χ1v) is 4.99. The van der Waals surface area contributed by atoms with Gasteiger partial charge in [-0.05, 0) is 32.4 Å². The normalized spacial score (nSPS) is 10.6. The van der Waals surface area contributed by atoms with Crippen LogP contribution in [0.5, 0.6) is 0 Å². The summed E-state index contributed by atoms with van der Waals surface area (Å²) < 4.78 is 2.04. The molecule has 0 aromatic carbocycles. The highest BCUT2D eigenvalue weighted by Crippen LogP contribution is 2.03. The second-order valence-corrected chi connectivity index (χ2v) is 3.83. The van der Waals surface area contributed by atoms with Crippen LogP contribution in [-0.4, -0.2) is 16.5 Å². The van der Waals surface area contributed by atoms with Crippen LogP contribution in [0, 0.1) is 0 Å². The van der Waals surface area contributed by atoms with Crippen LogP contribution in [0.25, 0.3) is 0 Å². The van der Waals surface area contributed by atoms with E-state index in [9.17, 15) is 4.79 Å². The van der Waals surface area contributed by atoms with Gasteiger partial charge in [0.15, 0.2) is 0 Å². The summed E-state index contributed by atoms with van der Waals surface area (Å²) >= 11 is 0. The topological polar surface area (TPSA) is 34.0 Å². The van der Waals surface area contributed by atoms with E-state index < -0.39 is 0 Å². The smallest absolute Gasteiger partial charge is 0.220 e. The largest absolute Gasteiger partial charge is 0.354 e. The Morgan fingerprint density at radius 3 is 2.79 bits per heavy atom. The van der Waals surface area contributed by atoms with E-state index in [0.717, 1.165) is 6.42 Å². The predicted molar refractivity (Wildman–Crippen MR) is 57.0 cm³/mol. The van der Waals surface area contributed by atoms with Crippen LogP contribution < -0.4 is 5.32 Å². The summed E-state index contributed by atoms with van der Waals surface area (Å²) in [4.78, 5) is 11.3. The summed E-state index contributed by atoms with van der Waals surface area (Å²) in [5.41, 5.74) is 1.20. The van der Waals surface area contributed by atoms with Gasteiger partial charge in [-0.15, -0.1) is 0 Å². The van der Waals surface area contributed by atoms with E-state index in [4.69, 9.17) is 0 Å². The van der Waals surface area contributed by atoms with Crippen molar-refractivity contribution in [3.63, 3.8) is 0 Å². The van der Waals surface area contributed by atoms with Crippen molar-refractivity contribution in [3.05, 3.63) is 24.0 Å². The van der Waals surface area contributed by atoms with Crippen molar-refractivity contribution < 1.29 is 4.79 Å². The van der Waals surface area contributed by atoms with Crippen molar-refractivity contribution in [2.75, 3.05) is 0 Å². The van der Waals surface area contributed by atoms with Gasteiger partial charge in [0.25, 0.3) is 0 Å². The average molecular weight is 194 g/mol. The first-order chi connectivity index (χ1) is 6.59. The highest BCUT2D eigenvalue weighted by atomic mass is 16.1. The molecule has 1 rings (SSSR count). The molecule has 1 N–H and O–H groups in total. The van der Waals surface area contributed by atoms with Crippen molar-refractivity contribution in [3.8, 4) is 0 Å². The summed E-state index contributed by atoms with van der Waals surface area (Å²) in [7, 11) is 2.00. The van der Waals surface area contributed by atoms with Gasteiger partial charge in [0.2, 0.25) is 5.91 Å². The number of hydrogen-bond acceptors (Lipinski definition) is 1. The van der Waals surface area contributed by atoms with Gasteiger partial charge in [-0.25, -0.2) is 0 Å². The minimum Gasteiger partial charge on any atom is -0.354 e. The Morgan fingerprint density at radius 1 is 1.57 bits per heavy atom. The van der Waals surface area contributed by atoms with E-state index in [-0.39, 0.29) is 11.9 Å². The predicted octanol–water partition coefficient (Wildman–Crippen LogP) is 1.48. The lowest BCUT2D eigenvalue weighted by molar-refractivity contribution is -0.121. The van der Waals surface area contributed by atoms with Crippen LogP contribution in [0.15, 0.2) is 18.3 Å². The SMILES string of the molecule is CC(C)NC(=O)CCc1cccn1C. The highest BCUT2D eigenvalue weighted by Gasteiger charge is 2.04. The highest BCUT2D eigenvalue weighted by molar-refractivity contribution is 5.76. The van der Waals surface area contributed by atoms with Crippen molar-refractivity contribution in [2.45, 2.75) is 32.7 Å². The first kappa shape index (κ1) is 10.8. The molecule has 1 aromatic rings. The third-order valence-electron chi connectivity index (χ3n) is 2.11. The minimum absolute atomic E-state index is 0.126. The zero-order valence-corrected chi connectivity index (χ0v) is 9.08. The summed E-state index contributed by atoms with van der Waals surface area (Å²) in [5.74, 6) is 0.126. The number of nitrogens with one attached hydrogen (secondary N) is 1. The van der Waals surface area contributed by atoms with Gasteiger partial charge in [-0.3, -0.25) is 4.79 Å². The Bertz CT molecular complexity index is 302. The van der Waals surface area contributed by atoms with Gasteiger partial charge in [0, 0.05) is 31.4 Å². The van der Waals surface area contributed by atoms with E-state index >= 15 is 0 Å². The van der Waals surface area contributed by atoms with Gasteiger partial charge in [-0.1, -0.05) is 0 Å². The van der Waals surface area contributed by atoms with Gasteiger partial charge in [-0.2, -0.15) is 0 Å². The lowest BCUT2D eigenvalue weighted by atomic mass is 10.2. The fraction of sp³-hybridized carbons (Fsp3) is 0.545. The Balaban J connectivity index is 2.34. The molecule has 1 aromatic heterocycles. The molecule has 0 saturated carbocycles. The number of amides is 1. The van der Waals surface area contributed by atoms with Crippen LogP contribution >= 0.6 is 0 Å². The lowest BCUT2D eigenvalue weighted by Crippen LogP contribution is -2.30. The molecular formula is C11H18N2O. The maximum Gasteiger partial charge on any atom is 0.220 e. The maximum absolute atomic E-state index is 11.3. The quantitative estimate of drug-likeness (QED) is 0.774. The van der Waals surface area contributed by atoms with Gasteiger partial charge < -0.3 is 9.88 Å². The molecule has 3 heteroatoms. The maximum atomic E-state index is 11.3. The molecule has 0 saturated heterocycles. The fourth-order valence-electron chi connectivity index (χ4n) is 1.39. The van der Waals surface area contributed by atoms with Gasteiger partial charge in [0.05, 0.1) is 0 Å². The summed E-state index contributed by atoms with van der Waals surface area (Å²) in [6, 6.07) is 4.27. The molecule has 78 valence electrons. The Labute approximate surface area is 85.1 Å². The molecule has 1 heterocycles. The van der Waals surface area contributed by atoms with E-state index in [1.165, 1.54) is 5.69 Å². The van der Waals surface area contributed by atoms with Gasteiger partial charge in [0.1, 0.15) is 0 Å². The van der Waals surface area contributed by atoms with Crippen LogP contribution in [-0.2, 0) is 18.3 Å². The molecule has 0 unspecified atom stereocenters. The van der Waals surface area contributed by atoms with E-state index in [1.807, 2.05) is 43.8 Å². The minimum atomic E-state index is 0.126. The van der Waals surface area contributed by atoms with Crippen LogP contribution in [0.4, 0.5) is 0 Å². The molecule has 0 aliphatic carbocycles. The Morgan fingerprint density at radius 2 is 2.29 bits per heavy atom. The fourth-order valence-corrected chi connectivity index (χ4v) is 1.39.